The smallest absolute Gasteiger partial charge is 0.243 e. The zero-order chi connectivity index (χ0) is 14.5. The summed E-state index contributed by atoms with van der Waals surface area (Å²) < 4.78 is 4.95. The van der Waals surface area contributed by atoms with Gasteiger partial charge >= 0.3 is 0 Å². The second-order valence-electron chi connectivity index (χ2n) is 6.00. The van der Waals surface area contributed by atoms with Gasteiger partial charge in [-0.15, -0.1) is 11.3 Å². The van der Waals surface area contributed by atoms with Crippen LogP contribution in [0.25, 0.3) is 16.8 Å². The Balaban J connectivity index is 1.79. The molecule has 2 aromatic heterocycles. The summed E-state index contributed by atoms with van der Waals surface area (Å²) in [5, 5.41) is 2.32. The number of hydrogen-bond acceptors (Lipinski definition) is 1. The van der Waals surface area contributed by atoms with E-state index in [4.69, 9.17) is 0 Å². The van der Waals surface area contributed by atoms with Gasteiger partial charge in [-0.05, 0) is 17.7 Å². The van der Waals surface area contributed by atoms with Crippen LogP contribution in [-0.2, 0) is 0 Å². The third-order valence-corrected chi connectivity index (χ3v) is 5.70. The van der Waals surface area contributed by atoms with Gasteiger partial charge < -0.3 is 4.57 Å². The van der Waals surface area contributed by atoms with E-state index in [-0.39, 0.29) is 0 Å². The number of fused-ring (bicyclic) bond motifs is 3. The van der Waals surface area contributed by atoms with Gasteiger partial charge in [0.2, 0.25) is 5.71 Å². The number of rotatable bonds is 1. The van der Waals surface area contributed by atoms with Crippen LogP contribution in [0.3, 0.4) is 0 Å². The summed E-state index contributed by atoms with van der Waals surface area (Å²) in [6.07, 6.45) is 4.84. The fourth-order valence-electron chi connectivity index (χ4n) is 3.71. The summed E-state index contributed by atoms with van der Waals surface area (Å²) in [6, 6.07) is 15.2. The average molecular weight is 305 g/mol. The summed E-state index contributed by atoms with van der Waals surface area (Å²) in [7, 11) is 0. The summed E-state index contributed by atoms with van der Waals surface area (Å²) >= 11 is 1.89. The van der Waals surface area contributed by atoms with Crippen LogP contribution in [0, 0.1) is 0 Å². The van der Waals surface area contributed by atoms with Crippen molar-refractivity contribution in [3.8, 4) is 16.8 Å². The van der Waals surface area contributed by atoms with Crippen molar-refractivity contribution in [2.75, 3.05) is 13.1 Å². The van der Waals surface area contributed by atoms with Crippen LogP contribution in [0.1, 0.15) is 23.4 Å². The highest BCUT2D eigenvalue weighted by Gasteiger charge is 2.36. The Morgan fingerprint density at radius 1 is 0.955 bits per heavy atom. The van der Waals surface area contributed by atoms with Gasteiger partial charge in [0.1, 0.15) is 23.7 Å². The average Bonchev–Trinajstić information content (AvgIpc) is 3.30. The lowest BCUT2D eigenvalue weighted by molar-refractivity contribution is -0.504. The molecule has 0 unspecified atom stereocenters. The Morgan fingerprint density at radius 3 is 2.59 bits per heavy atom. The summed E-state index contributed by atoms with van der Waals surface area (Å²) in [6.45, 7) is 2.39. The van der Waals surface area contributed by atoms with Crippen molar-refractivity contribution in [3.63, 3.8) is 0 Å². The maximum Gasteiger partial charge on any atom is 0.243 e. The first-order chi connectivity index (χ1) is 10.9. The van der Waals surface area contributed by atoms with Crippen LogP contribution >= 0.6 is 11.3 Å². The standard InChI is InChI=1S/C19H17N2S/c1-2-7-14(8-3-1)15-13-22-19-17(15)21-12-6-9-16(21)18(19)20-10-4-5-11-20/h1-3,6-9,12-13H,4-5,10-11H2/q+1. The van der Waals surface area contributed by atoms with Gasteiger partial charge in [0, 0.05) is 30.0 Å². The number of benzene rings is 1. The van der Waals surface area contributed by atoms with Crippen LogP contribution in [0.2, 0.25) is 0 Å². The van der Waals surface area contributed by atoms with Crippen LogP contribution in [0.15, 0.2) is 54.0 Å². The van der Waals surface area contributed by atoms with Crippen molar-refractivity contribution < 1.29 is 4.58 Å². The van der Waals surface area contributed by atoms with E-state index in [0.717, 1.165) is 0 Å². The Bertz CT molecular complexity index is 875. The molecular formula is C19H17N2S+. The number of thiophene rings is 1. The maximum absolute atomic E-state index is 2.57. The van der Waals surface area contributed by atoms with E-state index in [1.165, 1.54) is 59.0 Å². The molecule has 5 rings (SSSR count). The SMILES string of the molecule is c1ccc(-c2csc3c2-n2cccc2C3=[N+]2CCCC2)cc1. The fourth-order valence-corrected chi connectivity index (χ4v) is 4.86. The largest absolute Gasteiger partial charge is 0.309 e. The summed E-state index contributed by atoms with van der Waals surface area (Å²) in [5.74, 6) is 0. The molecule has 0 saturated carbocycles. The van der Waals surface area contributed by atoms with Crippen molar-refractivity contribution in [3.05, 3.63) is 64.6 Å². The molecule has 0 amide bonds. The quantitative estimate of drug-likeness (QED) is 0.467. The van der Waals surface area contributed by atoms with Gasteiger partial charge in [0.25, 0.3) is 0 Å². The highest BCUT2D eigenvalue weighted by molar-refractivity contribution is 7.13. The molecule has 3 aromatic rings. The Hall–Kier alpha value is -2.13. The van der Waals surface area contributed by atoms with Gasteiger partial charge in [-0.3, -0.25) is 0 Å². The second kappa shape index (κ2) is 4.68. The Kier molecular flexibility index (Phi) is 2.64. The zero-order valence-electron chi connectivity index (χ0n) is 12.3. The van der Waals surface area contributed by atoms with E-state index in [1.54, 1.807) is 0 Å². The third-order valence-electron chi connectivity index (χ3n) is 4.72. The lowest BCUT2D eigenvalue weighted by atomic mass is 10.1. The highest BCUT2D eigenvalue weighted by Crippen LogP contribution is 2.41. The number of nitrogens with zero attached hydrogens (tertiary/aromatic N) is 2. The molecule has 108 valence electrons. The lowest BCUT2D eigenvalue weighted by Crippen LogP contribution is -2.18. The predicted octanol–water partition coefficient (Wildman–Crippen LogP) is 4.16. The molecule has 2 aliphatic heterocycles. The molecule has 2 aliphatic rings. The highest BCUT2D eigenvalue weighted by atomic mass is 32.1. The van der Waals surface area contributed by atoms with Crippen LogP contribution in [0.4, 0.5) is 0 Å². The Labute approximate surface area is 134 Å². The first-order valence-corrected chi connectivity index (χ1v) is 8.79. The van der Waals surface area contributed by atoms with Gasteiger partial charge in [0.05, 0.1) is 5.69 Å². The van der Waals surface area contributed by atoms with E-state index in [0.29, 0.717) is 0 Å². The van der Waals surface area contributed by atoms with Crippen LogP contribution < -0.4 is 0 Å². The van der Waals surface area contributed by atoms with Gasteiger partial charge in [0.15, 0.2) is 0 Å². The van der Waals surface area contributed by atoms with Gasteiger partial charge in [-0.2, -0.15) is 0 Å². The van der Waals surface area contributed by atoms with E-state index in [9.17, 15) is 0 Å². The molecule has 0 atom stereocenters. The maximum atomic E-state index is 2.57. The first kappa shape index (κ1) is 12.4. The molecule has 2 nitrogen and oxygen atoms in total. The predicted molar refractivity (Wildman–Crippen MR) is 91.5 cm³/mol. The first-order valence-electron chi connectivity index (χ1n) is 7.91. The molecule has 0 bridgehead atoms. The molecule has 1 fully saturated rings. The number of aromatic nitrogens is 1. The number of hydrogen-bond donors (Lipinski definition) is 0. The summed E-state index contributed by atoms with van der Waals surface area (Å²) in [4.78, 5) is 1.44. The van der Waals surface area contributed by atoms with Gasteiger partial charge in [-0.1, -0.05) is 30.3 Å². The van der Waals surface area contributed by atoms with Crippen molar-refractivity contribution in [2.24, 2.45) is 0 Å². The van der Waals surface area contributed by atoms with Gasteiger partial charge in [-0.25, -0.2) is 4.58 Å². The van der Waals surface area contributed by atoms with Crippen molar-refractivity contribution in [2.45, 2.75) is 12.8 Å². The van der Waals surface area contributed by atoms with Crippen molar-refractivity contribution in [1.82, 2.24) is 4.57 Å². The second-order valence-corrected chi connectivity index (χ2v) is 6.88. The molecule has 3 heteroatoms. The minimum atomic E-state index is 1.19. The molecule has 0 spiro atoms. The van der Waals surface area contributed by atoms with E-state index >= 15 is 0 Å². The topological polar surface area (TPSA) is 7.94 Å². The minimum Gasteiger partial charge on any atom is -0.309 e. The minimum absolute atomic E-state index is 1.19. The van der Waals surface area contributed by atoms with E-state index < -0.39 is 0 Å². The molecule has 1 saturated heterocycles. The molecule has 1 aromatic carbocycles. The van der Waals surface area contributed by atoms with Crippen LogP contribution in [0.5, 0.6) is 0 Å². The Morgan fingerprint density at radius 2 is 1.77 bits per heavy atom. The lowest BCUT2D eigenvalue weighted by Gasteiger charge is -2.03. The normalized spacial score (nSPS) is 16.2. The molecule has 0 radical (unpaired) electrons. The van der Waals surface area contributed by atoms with E-state index in [2.05, 4.69) is 63.2 Å². The van der Waals surface area contributed by atoms with Crippen molar-refractivity contribution in [1.29, 1.82) is 0 Å². The molecule has 22 heavy (non-hydrogen) atoms. The molecule has 0 N–H and O–H groups in total. The molecule has 4 heterocycles. The monoisotopic (exact) mass is 305 g/mol. The molecule has 0 aliphatic carbocycles. The van der Waals surface area contributed by atoms with Crippen LogP contribution in [-0.4, -0.2) is 27.9 Å². The fraction of sp³-hybridized carbons (Fsp3) is 0.211. The summed E-state index contributed by atoms with van der Waals surface area (Å²) in [5.41, 5.74) is 6.85. The van der Waals surface area contributed by atoms with E-state index in [1.807, 2.05) is 11.3 Å². The van der Waals surface area contributed by atoms with Crippen molar-refractivity contribution >= 4 is 17.0 Å². The zero-order valence-corrected chi connectivity index (χ0v) is 13.1. The third kappa shape index (κ3) is 1.63. The molecular weight excluding hydrogens is 288 g/mol.